The molecule has 0 unspecified atom stereocenters. The lowest BCUT2D eigenvalue weighted by atomic mass is 10.2. The van der Waals surface area contributed by atoms with Gasteiger partial charge in [-0.25, -0.2) is 8.37 Å². The monoisotopic (exact) mass is 464 g/mol. The molecule has 0 spiro atoms. The van der Waals surface area contributed by atoms with Gasteiger partial charge in [-0.2, -0.15) is 43.2 Å². The van der Waals surface area contributed by atoms with Gasteiger partial charge in [-0.05, 0) is 48.5 Å². The Balaban J connectivity index is 2.05. The van der Waals surface area contributed by atoms with Crippen molar-refractivity contribution in [2.45, 2.75) is 22.1 Å². The molecule has 0 heterocycles. The minimum atomic E-state index is -4.69. The summed E-state index contributed by atoms with van der Waals surface area (Å²) in [6.07, 6.45) is -9.38. The summed E-state index contributed by atoms with van der Waals surface area (Å²) < 4.78 is 131. The van der Waals surface area contributed by atoms with Gasteiger partial charge in [-0.3, -0.25) is 0 Å². The molecule has 2 aromatic carbocycles. The SMILES string of the molecule is O=S(=O)(OCOS(=O)(=O)c1ccc(C(F)(F)F)cc1)c1ccc(C(F)(F)F)cc1. The van der Waals surface area contributed by atoms with Gasteiger partial charge in [0.2, 0.25) is 0 Å². The molecule has 0 saturated carbocycles. The zero-order valence-corrected chi connectivity index (χ0v) is 15.5. The van der Waals surface area contributed by atoms with Crippen molar-refractivity contribution in [2.24, 2.45) is 0 Å². The normalized spacial score (nSPS) is 13.4. The quantitative estimate of drug-likeness (QED) is 0.367. The molecule has 2 rings (SSSR count). The Morgan fingerprint density at radius 2 is 0.862 bits per heavy atom. The zero-order chi connectivity index (χ0) is 22.1. The largest absolute Gasteiger partial charge is 0.416 e. The fourth-order valence-corrected chi connectivity index (χ4v) is 3.53. The van der Waals surface area contributed by atoms with Gasteiger partial charge >= 0.3 is 12.4 Å². The topological polar surface area (TPSA) is 86.7 Å². The maximum atomic E-state index is 12.5. The Morgan fingerprint density at radius 3 is 1.10 bits per heavy atom. The molecule has 0 fully saturated rings. The van der Waals surface area contributed by atoms with Gasteiger partial charge < -0.3 is 0 Å². The van der Waals surface area contributed by atoms with Crippen LogP contribution in [-0.2, 0) is 41.0 Å². The minimum absolute atomic E-state index is 0.482. The van der Waals surface area contributed by atoms with Crippen molar-refractivity contribution < 1.29 is 51.5 Å². The summed E-state index contributed by atoms with van der Waals surface area (Å²) in [5, 5.41) is 0. The van der Waals surface area contributed by atoms with E-state index in [9.17, 15) is 43.2 Å². The molecule has 0 aliphatic rings. The van der Waals surface area contributed by atoms with E-state index in [-0.39, 0.29) is 0 Å². The second kappa shape index (κ2) is 7.93. The van der Waals surface area contributed by atoms with E-state index >= 15 is 0 Å². The predicted octanol–water partition coefficient (Wildman–Crippen LogP) is 3.79. The maximum absolute atomic E-state index is 12.5. The smallest absolute Gasteiger partial charge is 0.236 e. The van der Waals surface area contributed by atoms with E-state index in [1.807, 2.05) is 0 Å². The average Bonchev–Trinajstić information content (AvgIpc) is 2.60. The van der Waals surface area contributed by atoms with Crippen molar-refractivity contribution in [3.8, 4) is 0 Å². The molecule has 160 valence electrons. The summed E-state index contributed by atoms with van der Waals surface area (Å²) in [7, 11) is -9.32. The van der Waals surface area contributed by atoms with Crippen molar-refractivity contribution >= 4 is 20.2 Å². The Labute approximate surface area is 160 Å². The summed E-state index contributed by atoms with van der Waals surface area (Å²) >= 11 is 0. The minimum Gasteiger partial charge on any atom is -0.236 e. The van der Waals surface area contributed by atoms with Crippen LogP contribution < -0.4 is 0 Å². The van der Waals surface area contributed by atoms with Gasteiger partial charge in [0.05, 0.1) is 20.9 Å². The van der Waals surface area contributed by atoms with Crippen LogP contribution in [0.25, 0.3) is 0 Å². The molecule has 2 aromatic rings. The third kappa shape index (κ3) is 5.91. The molecule has 14 heteroatoms. The van der Waals surface area contributed by atoms with Crippen molar-refractivity contribution in [3.63, 3.8) is 0 Å². The number of benzene rings is 2. The molecule has 6 nitrogen and oxygen atoms in total. The highest BCUT2D eigenvalue weighted by Gasteiger charge is 2.32. The Bertz CT molecular complexity index is 969. The standard InChI is InChI=1S/C15H10F6O6S2/c16-14(17,18)10-1-5-12(6-2-10)28(22,23)26-9-27-29(24,25)13-7-3-11(4-8-13)15(19,20)21/h1-8H,9H2. The predicted molar refractivity (Wildman–Crippen MR) is 84.3 cm³/mol. The molecule has 0 radical (unpaired) electrons. The van der Waals surface area contributed by atoms with Crippen LogP contribution in [0, 0.1) is 0 Å². The third-order valence-electron chi connectivity index (χ3n) is 3.35. The van der Waals surface area contributed by atoms with Crippen molar-refractivity contribution in [2.75, 3.05) is 6.79 Å². The number of rotatable bonds is 6. The molecular weight excluding hydrogens is 454 g/mol. The van der Waals surface area contributed by atoms with E-state index in [0.717, 1.165) is 0 Å². The van der Waals surface area contributed by atoms with E-state index in [0.29, 0.717) is 48.5 Å². The van der Waals surface area contributed by atoms with E-state index < -0.39 is 60.3 Å². The average molecular weight is 464 g/mol. The lowest BCUT2D eigenvalue weighted by Crippen LogP contribution is -2.15. The van der Waals surface area contributed by atoms with Crippen LogP contribution in [0.2, 0.25) is 0 Å². The fourth-order valence-electron chi connectivity index (χ4n) is 1.90. The fraction of sp³-hybridized carbons (Fsp3) is 0.200. The van der Waals surface area contributed by atoms with Gasteiger partial charge in [0, 0.05) is 0 Å². The summed E-state index contributed by atoms with van der Waals surface area (Å²) in [6, 6.07) is 4.33. The molecule has 0 saturated heterocycles. The van der Waals surface area contributed by atoms with Crippen LogP contribution in [0.4, 0.5) is 26.3 Å². The summed E-state index contributed by atoms with van der Waals surface area (Å²) in [5.41, 5.74) is -2.23. The van der Waals surface area contributed by atoms with Crippen LogP contribution in [0.1, 0.15) is 11.1 Å². The highest BCUT2D eigenvalue weighted by Crippen LogP contribution is 2.31. The number of hydrogen-bond donors (Lipinski definition) is 0. The molecule has 0 aliphatic heterocycles. The van der Waals surface area contributed by atoms with Crippen LogP contribution in [-0.4, -0.2) is 23.6 Å². The van der Waals surface area contributed by atoms with E-state index in [1.165, 1.54) is 0 Å². The van der Waals surface area contributed by atoms with E-state index in [2.05, 4.69) is 8.37 Å². The first-order valence-corrected chi connectivity index (χ1v) is 10.1. The number of alkyl halides is 6. The highest BCUT2D eigenvalue weighted by molar-refractivity contribution is 7.87. The van der Waals surface area contributed by atoms with Crippen molar-refractivity contribution in [1.82, 2.24) is 0 Å². The van der Waals surface area contributed by atoms with Crippen LogP contribution in [0.15, 0.2) is 58.3 Å². The van der Waals surface area contributed by atoms with Crippen LogP contribution in [0.5, 0.6) is 0 Å². The number of halogens is 6. The highest BCUT2D eigenvalue weighted by atomic mass is 32.2. The zero-order valence-electron chi connectivity index (χ0n) is 13.9. The van der Waals surface area contributed by atoms with Gasteiger partial charge in [-0.15, -0.1) is 0 Å². The summed E-state index contributed by atoms with van der Waals surface area (Å²) in [6.45, 7) is -1.38. The third-order valence-corrected chi connectivity index (χ3v) is 5.86. The molecule has 29 heavy (non-hydrogen) atoms. The van der Waals surface area contributed by atoms with E-state index in [1.54, 1.807) is 0 Å². The van der Waals surface area contributed by atoms with Crippen LogP contribution in [0.3, 0.4) is 0 Å². The first-order chi connectivity index (χ1) is 13.1. The molecule has 0 bridgehead atoms. The van der Waals surface area contributed by atoms with Gasteiger partial charge in [0.1, 0.15) is 0 Å². The second-order valence-corrected chi connectivity index (χ2v) is 8.54. The molecular formula is C15H10F6O6S2. The van der Waals surface area contributed by atoms with Gasteiger partial charge in [-0.1, -0.05) is 0 Å². The van der Waals surface area contributed by atoms with Crippen molar-refractivity contribution in [3.05, 3.63) is 59.7 Å². The molecule has 0 aromatic heterocycles. The first kappa shape index (κ1) is 23.1. The molecule has 0 N–H and O–H groups in total. The molecule has 0 atom stereocenters. The Kier molecular flexibility index (Phi) is 6.32. The maximum Gasteiger partial charge on any atom is 0.416 e. The Morgan fingerprint density at radius 1 is 0.586 bits per heavy atom. The molecule has 0 amide bonds. The second-order valence-electron chi connectivity index (χ2n) is 5.31. The lowest BCUT2D eigenvalue weighted by Gasteiger charge is -2.10. The lowest BCUT2D eigenvalue weighted by molar-refractivity contribution is -0.138. The van der Waals surface area contributed by atoms with Gasteiger partial charge in [0.25, 0.3) is 20.2 Å². The molecule has 0 aliphatic carbocycles. The van der Waals surface area contributed by atoms with E-state index in [4.69, 9.17) is 0 Å². The Hall–Kier alpha value is -2.16. The summed E-state index contributed by atoms with van der Waals surface area (Å²) in [4.78, 5) is -1.39. The first-order valence-electron chi connectivity index (χ1n) is 7.26. The van der Waals surface area contributed by atoms with Crippen LogP contribution >= 0.6 is 0 Å². The van der Waals surface area contributed by atoms with Gasteiger partial charge in [0.15, 0.2) is 6.79 Å². The number of hydrogen-bond acceptors (Lipinski definition) is 6. The van der Waals surface area contributed by atoms with Crippen molar-refractivity contribution in [1.29, 1.82) is 0 Å². The summed E-state index contributed by atoms with van der Waals surface area (Å²) in [5.74, 6) is 0.